The highest BCUT2D eigenvalue weighted by molar-refractivity contribution is 5.92. The molecule has 1 rings (SSSR count). The largest absolute Gasteiger partial charge is 0.460 e. The second kappa shape index (κ2) is 5.51. The first-order valence-electron chi connectivity index (χ1n) is 5.09. The van der Waals surface area contributed by atoms with E-state index in [1.54, 1.807) is 13.2 Å². The van der Waals surface area contributed by atoms with E-state index < -0.39 is 0 Å². The molecular formula is C12H17NO3. The average molecular weight is 223 g/mol. The summed E-state index contributed by atoms with van der Waals surface area (Å²) in [5.41, 5.74) is 8.70. The number of methoxy groups -OCH3 is 1. The average Bonchev–Trinajstić information content (AvgIpc) is 2.23. The summed E-state index contributed by atoms with van der Waals surface area (Å²) < 4.78 is 9.82. The van der Waals surface area contributed by atoms with Crippen LogP contribution < -0.4 is 5.73 Å². The van der Waals surface area contributed by atoms with Gasteiger partial charge in [-0.2, -0.15) is 0 Å². The lowest BCUT2D eigenvalue weighted by atomic mass is 10.0. The van der Waals surface area contributed by atoms with Crippen LogP contribution in [0.15, 0.2) is 12.1 Å². The topological polar surface area (TPSA) is 61.5 Å². The van der Waals surface area contributed by atoms with Crippen molar-refractivity contribution in [3.05, 3.63) is 28.8 Å². The third kappa shape index (κ3) is 2.97. The number of anilines is 1. The third-order valence-corrected chi connectivity index (χ3v) is 2.35. The summed E-state index contributed by atoms with van der Waals surface area (Å²) in [6.45, 7) is 4.41. The lowest BCUT2D eigenvalue weighted by molar-refractivity contribution is 0.0387. The van der Waals surface area contributed by atoms with Crippen LogP contribution in [0.3, 0.4) is 0 Å². The molecule has 1 aromatic carbocycles. The maximum atomic E-state index is 11.7. The van der Waals surface area contributed by atoms with Gasteiger partial charge in [-0.05, 0) is 31.0 Å². The summed E-state index contributed by atoms with van der Waals surface area (Å²) in [4.78, 5) is 11.7. The molecule has 0 saturated carbocycles. The molecule has 0 aliphatic rings. The van der Waals surface area contributed by atoms with E-state index in [-0.39, 0.29) is 12.6 Å². The van der Waals surface area contributed by atoms with Gasteiger partial charge >= 0.3 is 5.97 Å². The summed E-state index contributed by atoms with van der Waals surface area (Å²) in [7, 11) is 1.56. The first-order valence-corrected chi connectivity index (χ1v) is 5.09. The molecule has 0 spiro atoms. The summed E-state index contributed by atoms with van der Waals surface area (Å²) in [6.07, 6.45) is 0. The molecule has 0 fully saturated rings. The number of nitrogens with two attached hydrogens (primary N) is 1. The molecule has 0 heterocycles. The smallest absolute Gasteiger partial charge is 0.338 e. The molecule has 0 aliphatic carbocycles. The number of aryl methyl sites for hydroxylation is 2. The van der Waals surface area contributed by atoms with E-state index in [0.29, 0.717) is 17.9 Å². The van der Waals surface area contributed by atoms with Crippen LogP contribution in [0.1, 0.15) is 21.5 Å². The van der Waals surface area contributed by atoms with Crippen LogP contribution in [0.5, 0.6) is 0 Å². The monoisotopic (exact) mass is 223 g/mol. The number of ether oxygens (including phenoxy) is 2. The van der Waals surface area contributed by atoms with Crippen LogP contribution in [-0.4, -0.2) is 26.3 Å². The van der Waals surface area contributed by atoms with Gasteiger partial charge < -0.3 is 15.2 Å². The molecule has 4 heteroatoms. The minimum absolute atomic E-state index is 0.253. The molecule has 0 atom stereocenters. The van der Waals surface area contributed by atoms with Crippen molar-refractivity contribution >= 4 is 11.7 Å². The fourth-order valence-electron chi connectivity index (χ4n) is 1.38. The van der Waals surface area contributed by atoms with E-state index in [4.69, 9.17) is 15.2 Å². The quantitative estimate of drug-likeness (QED) is 0.479. The predicted molar refractivity (Wildman–Crippen MR) is 62.5 cm³/mol. The number of carbonyl (C=O) groups excluding carboxylic acids is 1. The van der Waals surface area contributed by atoms with Crippen molar-refractivity contribution in [1.29, 1.82) is 0 Å². The van der Waals surface area contributed by atoms with Gasteiger partial charge in [-0.25, -0.2) is 4.79 Å². The maximum absolute atomic E-state index is 11.7. The van der Waals surface area contributed by atoms with Gasteiger partial charge in [0.05, 0.1) is 12.2 Å². The molecule has 16 heavy (non-hydrogen) atoms. The molecule has 0 amide bonds. The van der Waals surface area contributed by atoms with E-state index in [0.717, 1.165) is 11.1 Å². The van der Waals surface area contributed by atoms with E-state index in [9.17, 15) is 4.79 Å². The zero-order valence-electron chi connectivity index (χ0n) is 9.87. The number of hydrogen-bond acceptors (Lipinski definition) is 4. The first kappa shape index (κ1) is 12.5. The first-order chi connectivity index (χ1) is 7.56. The summed E-state index contributed by atoms with van der Waals surface area (Å²) >= 11 is 0. The summed E-state index contributed by atoms with van der Waals surface area (Å²) in [5, 5.41) is 0. The van der Waals surface area contributed by atoms with Crippen LogP contribution in [0.2, 0.25) is 0 Å². The lowest BCUT2D eigenvalue weighted by Gasteiger charge is -2.09. The van der Waals surface area contributed by atoms with Crippen LogP contribution in [0.25, 0.3) is 0 Å². The standard InChI is InChI=1S/C12H17NO3/c1-8-6-9(2)11(13)7-10(8)12(14)16-5-4-15-3/h6-7H,4-5,13H2,1-3H3. The summed E-state index contributed by atoms with van der Waals surface area (Å²) in [5.74, 6) is -0.360. The third-order valence-electron chi connectivity index (χ3n) is 2.35. The Morgan fingerprint density at radius 2 is 1.94 bits per heavy atom. The van der Waals surface area contributed by atoms with Crippen molar-refractivity contribution in [3.63, 3.8) is 0 Å². The molecule has 0 saturated heterocycles. The Morgan fingerprint density at radius 1 is 1.25 bits per heavy atom. The lowest BCUT2D eigenvalue weighted by Crippen LogP contribution is -2.12. The Bertz CT molecular complexity index is 388. The van der Waals surface area contributed by atoms with Crippen LogP contribution in [0.4, 0.5) is 5.69 Å². The van der Waals surface area contributed by atoms with Crippen molar-refractivity contribution in [2.75, 3.05) is 26.1 Å². The molecule has 0 radical (unpaired) electrons. The van der Waals surface area contributed by atoms with Crippen LogP contribution >= 0.6 is 0 Å². The molecular weight excluding hydrogens is 206 g/mol. The molecule has 1 aromatic rings. The number of benzene rings is 1. The normalized spacial score (nSPS) is 10.2. The van der Waals surface area contributed by atoms with E-state index in [2.05, 4.69) is 0 Å². The SMILES string of the molecule is COCCOC(=O)c1cc(N)c(C)cc1C. The highest BCUT2D eigenvalue weighted by atomic mass is 16.6. The maximum Gasteiger partial charge on any atom is 0.338 e. The number of rotatable bonds is 4. The van der Waals surface area contributed by atoms with Gasteiger partial charge in [0.1, 0.15) is 6.61 Å². The van der Waals surface area contributed by atoms with Crippen LogP contribution in [0, 0.1) is 13.8 Å². The number of esters is 1. The van der Waals surface area contributed by atoms with Crippen LogP contribution in [-0.2, 0) is 9.47 Å². The molecule has 0 bridgehead atoms. The highest BCUT2D eigenvalue weighted by Gasteiger charge is 2.11. The minimum atomic E-state index is -0.360. The van der Waals surface area contributed by atoms with Gasteiger partial charge in [0.2, 0.25) is 0 Å². The second-order valence-electron chi connectivity index (χ2n) is 3.65. The van der Waals surface area contributed by atoms with Crippen molar-refractivity contribution in [1.82, 2.24) is 0 Å². The zero-order valence-corrected chi connectivity index (χ0v) is 9.87. The highest BCUT2D eigenvalue weighted by Crippen LogP contribution is 2.18. The molecule has 88 valence electrons. The van der Waals surface area contributed by atoms with Gasteiger partial charge in [0.15, 0.2) is 0 Å². The fourth-order valence-corrected chi connectivity index (χ4v) is 1.38. The van der Waals surface area contributed by atoms with Gasteiger partial charge in [-0.1, -0.05) is 6.07 Å². The van der Waals surface area contributed by atoms with E-state index in [1.165, 1.54) is 0 Å². The Labute approximate surface area is 95.3 Å². The Balaban J connectivity index is 2.79. The molecule has 0 aromatic heterocycles. The van der Waals surface area contributed by atoms with Gasteiger partial charge in [0.25, 0.3) is 0 Å². The van der Waals surface area contributed by atoms with Crippen molar-refractivity contribution in [2.45, 2.75) is 13.8 Å². The summed E-state index contributed by atoms with van der Waals surface area (Å²) in [6, 6.07) is 3.53. The second-order valence-corrected chi connectivity index (χ2v) is 3.65. The molecule has 0 unspecified atom stereocenters. The van der Waals surface area contributed by atoms with Crippen molar-refractivity contribution in [2.24, 2.45) is 0 Å². The molecule has 0 aliphatic heterocycles. The Kier molecular flexibility index (Phi) is 4.31. The van der Waals surface area contributed by atoms with E-state index in [1.807, 2.05) is 19.9 Å². The van der Waals surface area contributed by atoms with Crippen molar-refractivity contribution < 1.29 is 14.3 Å². The van der Waals surface area contributed by atoms with Gasteiger partial charge in [-0.3, -0.25) is 0 Å². The van der Waals surface area contributed by atoms with Gasteiger partial charge in [0, 0.05) is 12.8 Å². The van der Waals surface area contributed by atoms with Crippen molar-refractivity contribution in [3.8, 4) is 0 Å². The fraction of sp³-hybridized carbons (Fsp3) is 0.417. The minimum Gasteiger partial charge on any atom is -0.460 e. The zero-order chi connectivity index (χ0) is 12.1. The number of hydrogen-bond donors (Lipinski definition) is 1. The van der Waals surface area contributed by atoms with E-state index >= 15 is 0 Å². The number of carbonyl (C=O) groups is 1. The number of nitrogen functional groups attached to an aromatic ring is 1. The molecule has 2 N–H and O–H groups in total. The Morgan fingerprint density at radius 3 is 2.56 bits per heavy atom. The van der Waals surface area contributed by atoms with Gasteiger partial charge in [-0.15, -0.1) is 0 Å². The Hall–Kier alpha value is -1.55. The molecule has 4 nitrogen and oxygen atoms in total. The predicted octanol–water partition coefficient (Wildman–Crippen LogP) is 1.69.